The van der Waals surface area contributed by atoms with Gasteiger partial charge in [0.2, 0.25) is 0 Å². The molecule has 0 aliphatic heterocycles. The lowest BCUT2D eigenvalue weighted by atomic mass is 9.77. The quantitative estimate of drug-likeness (QED) is 0.166. The van der Waals surface area contributed by atoms with Gasteiger partial charge in [0.15, 0.2) is 11.7 Å². The Morgan fingerprint density at radius 1 is 0.778 bits per heavy atom. The number of ether oxygens (including phenoxy) is 1. The van der Waals surface area contributed by atoms with E-state index in [9.17, 15) is 39.5 Å². The third-order valence-corrected chi connectivity index (χ3v) is 7.64. The largest absolute Gasteiger partial charge is 0.432 e. The summed E-state index contributed by atoms with van der Waals surface area (Å²) in [7, 11) is 0. The number of alkyl halides is 5. The minimum atomic E-state index is -5.38. The zero-order valence-electron chi connectivity index (χ0n) is 23.7. The van der Waals surface area contributed by atoms with Gasteiger partial charge >= 0.3 is 12.3 Å². The van der Waals surface area contributed by atoms with Crippen LogP contribution in [0, 0.1) is 29.2 Å². The van der Waals surface area contributed by atoms with Crippen LogP contribution in [0.25, 0.3) is 17.0 Å². The van der Waals surface area contributed by atoms with Gasteiger partial charge in [-0.25, -0.2) is 26.3 Å². The van der Waals surface area contributed by atoms with E-state index in [2.05, 4.69) is 4.74 Å². The fourth-order valence-corrected chi connectivity index (χ4v) is 5.35. The minimum Gasteiger partial charge on any atom is -0.432 e. The topological polar surface area (TPSA) is 9.23 Å². The standard InChI is InChI=1S/C33H27F11O/c1-2-3-4-5-24(34)31(39)20-8-6-18(7-9-20)21-14-25(35)29(26(36)15-21)19-10-12-22(13-11-19)33(43,44)45-23-16-27(37)30(28(38)17-23)32(40,41)42/h4-9,14-17,19,22H,2-3,10-13H2,1H3/b5-4+,31-24+. The molecule has 1 saturated carbocycles. The molecule has 12 heteroatoms. The normalized spacial score (nSPS) is 18.3. The van der Waals surface area contributed by atoms with Crippen LogP contribution in [-0.2, 0) is 6.18 Å². The SMILES string of the molecule is CCC/C=C/C(F)=C(\F)c1ccc(-c2cc(F)c(C3CCC(C(F)(F)Oc4cc(F)c(C(F)(F)F)c(F)c4)CC3)c(F)c2)cc1. The molecule has 3 aromatic carbocycles. The summed E-state index contributed by atoms with van der Waals surface area (Å²) in [6.45, 7) is 1.88. The first kappa shape index (κ1) is 34.1. The predicted molar refractivity (Wildman–Crippen MR) is 147 cm³/mol. The van der Waals surface area contributed by atoms with E-state index in [1.54, 1.807) is 0 Å². The second-order valence-electron chi connectivity index (χ2n) is 10.8. The molecule has 3 aromatic rings. The summed E-state index contributed by atoms with van der Waals surface area (Å²) >= 11 is 0. The van der Waals surface area contributed by atoms with Crippen molar-refractivity contribution in [1.29, 1.82) is 0 Å². The van der Waals surface area contributed by atoms with E-state index < -0.39 is 70.4 Å². The van der Waals surface area contributed by atoms with E-state index in [0.29, 0.717) is 12.0 Å². The monoisotopic (exact) mass is 648 g/mol. The number of rotatable bonds is 9. The maximum atomic E-state index is 15.2. The fraction of sp³-hybridized carbons (Fsp3) is 0.333. The van der Waals surface area contributed by atoms with Crippen LogP contribution < -0.4 is 4.74 Å². The maximum absolute atomic E-state index is 15.2. The molecule has 0 saturated heterocycles. The summed E-state index contributed by atoms with van der Waals surface area (Å²) < 4.78 is 159. The van der Waals surface area contributed by atoms with Gasteiger partial charge in [0, 0.05) is 23.3 Å². The van der Waals surface area contributed by atoms with Gasteiger partial charge in [-0.15, -0.1) is 0 Å². The molecule has 0 atom stereocenters. The van der Waals surface area contributed by atoms with Gasteiger partial charge in [-0.1, -0.05) is 43.7 Å². The predicted octanol–water partition coefficient (Wildman–Crippen LogP) is 11.8. The number of unbranched alkanes of at least 4 members (excludes halogenated alkanes) is 1. The Kier molecular flexibility index (Phi) is 10.3. The molecule has 0 heterocycles. The molecule has 242 valence electrons. The van der Waals surface area contributed by atoms with E-state index in [1.807, 2.05) is 6.92 Å². The molecule has 0 spiro atoms. The molecule has 0 unspecified atom stereocenters. The van der Waals surface area contributed by atoms with Gasteiger partial charge in [0.1, 0.15) is 34.6 Å². The lowest BCUT2D eigenvalue weighted by Crippen LogP contribution is -2.37. The number of hydrogen-bond acceptors (Lipinski definition) is 1. The van der Waals surface area contributed by atoms with Crippen molar-refractivity contribution in [3.05, 3.63) is 106 Å². The van der Waals surface area contributed by atoms with Gasteiger partial charge in [-0.05, 0) is 67.4 Å². The van der Waals surface area contributed by atoms with Gasteiger partial charge in [0.05, 0.1) is 5.92 Å². The second-order valence-corrected chi connectivity index (χ2v) is 10.8. The van der Waals surface area contributed by atoms with Crippen LogP contribution >= 0.6 is 0 Å². The van der Waals surface area contributed by atoms with Crippen LogP contribution in [0.2, 0.25) is 0 Å². The lowest BCUT2D eigenvalue weighted by Gasteiger charge is -2.33. The third-order valence-electron chi connectivity index (χ3n) is 7.64. The number of benzene rings is 3. The first-order valence-electron chi connectivity index (χ1n) is 14.1. The molecule has 45 heavy (non-hydrogen) atoms. The summed E-state index contributed by atoms with van der Waals surface area (Å²) in [6, 6.07) is 7.39. The van der Waals surface area contributed by atoms with E-state index in [4.69, 9.17) is 0 Å². The Morgan fingerprint density at radius 2 is 1.33 bits per heavy atom. The Morgan fingerprint density at radius 3 is 1.84 bits per heavy atom. The molecule has 1 aliphatic carbocycles. The summed E-state index contributed by atoms with van der Waals surface area (Å²) in [5.41, 5.74) is -2.20. The van der Waals surface area contributed by atoms with Gasteiger partial charge in [-0.3, -0.25) is 0 Å². The first-order chi connectivity index (χ1) is 21.1. The molecule has 0 N–H and O–H groups in total. The van der Waals surface area contributed by atoms with Gasteiger partial charge in [-0.2, -0.15) is 22.0 Å². The number of allylic oxidation sites excluding steroid dienone is 3. The Hall–Kier alpha value is -3.83. The summed E-state index contributed by atoms with van der Waals surface area (Å²) in [6.07, 6.45) is -6.40. The highest BCUT2D eigenvalue weighted by atomic mass is 19.4. The number of hydrogen-bond donors (Lipinski definition) is 0. The fourth-order valence-electron chi connectivity index (χ4n) is 5.35. The van der Waals surface area contributed by atoms with E-state index in [0.717, 1.165) is 24.6 Å². The van der Waals surface area contributed by atoms with Crippen molar-refractivity contribution < 1.29 is 53.0 Å². The number of halogens is 11. The second kappa shape index (κ2) is 13.7. The van der Waals surface area contributed by atoms with Crippen molar-refractivity contribution in [2.75, 3.05) is 0 Å². The minimum absolute atomic E-state index is 0.0166. The average Bonchev–Trinajstić information content (AvgIpc) is 2.95. The van der Waals surface area contributed by atoms with Crippen molar-refractivity contribution in [3.63, 3.8) is 0 Å². The van der Waals surface area contributed by atoms with E-state index in [-0.39, 0.29) is 54.5 Å². The summed E-state index contributed by atoms with van der Waals surface area (Å²) in [5.74, 6) is -11.7. The zero-order chi connectivity index (χ0) is 33.1. The Labute approximate surface area is 252 Å². The van der Waals surface area contributed by atoms with Crippen molar-refractivity contribution in [2.24, 2.45) is 5.92 Å². The van der Waals surface area contributed by atoms with Crippen LogP contribution in [-0.4, -0.2) is 6.11 Å². The van der Waals surface area contributed by atoms with Crippen LogP contribution in [0.5, 0.6) is 5.75 Å². The van der Waals surface area contributed by atoms with Crippen LogP contribution in [0.4, 0.5) is 48.3 Å². The van der Waals surface area contributed by atoms with Crippen LogP contribution in [0.1, 0.15) is 68.1 Å². The lowest BCUT2D eigenvalue weighted by molar-refractivity contribution is -0.222. The molecule has 0 radical (unpaired) electrons. The maximum Gasteiger partial charge on any atom is 0.422 e. The van der Waals surface area contributed by atoms with E-state index in [1.165, 1.54) is 30.3 Å². The van der Waals surface area contributed by atoms with Crippen molar-refractivity contribution >= 4 is 5.83 Å². The Bertz CT molecular complexity index is 1520. The molecule has 1 aliphatic rings. The molecule has 0 amide bonds. The van der Waals surface area contributed by atoms with Gasteiger partial charge < -0.3 is 4.74 Å². The first-order valence-corrected chi connectivity index (χ1v) is 14.1. The zero-order valence-corrected chi connectivity index (χ0v) is 23.7. The molecule has 1 fully saturated rings. The van der Waals surface area contributed by atoms with E-state index >= 15 is 8.78 Å². The smallest absolute Gasteiger partial charge is 0.422 e. The summed E-state index contributed by atoms with van der Waals surface area (Å²) in [5, 5.41) is 0. The van der Waals surface area contributed by atoms with Gasteiger partial charge in [0.25, 0.3) is 0 Å². The highest BCUT2D eigenvalue weighted by Gasteiger charge is 2.45. The molecule has 4 rings (SSSR count). The van der Waals surface area contributed by atoms with Crippen molar-refractivity contribution in [2.45, 2.75) is 63.7 Å². The average molecular weight is 649 g/mol. The highest BCUT2D eigenvalue weighted by molar-refractivity contribution is 5.69. The van der Waals surface area contributed by atoms with Crippen LogP contribution in [0.15, 0.2) is 66.5 Å². The molecular weight excluding hydrogens is 621 g/mol. The molecular formula is C33H27F11O. The highest BCUT2D eigenvalue weighted by Crippen LogP contribution is 2.45. The van der Waals surface area contributed by atoms with Crippen molar-refractivity contribution in [3.8, 4) is 16.9 Å². The Balaban J connectivity index is 1.44. The molecule has 0 aromatic heterocycles. The van der Waals surface area contributed by atoms with Crippen LogP contribution in [0.3, 0.4) is 0 Å². The third kappa shape index (κ3) is 7.88. The summed E-state index contributed by atoms with van der Waals surface area (Å²) in [4.78, 5) is 0. The molecule has 1 nitrogen and oxygen atoms in total. The van der Waals surface area contributed by atoms with Crippen molar-refractivity contribution in [1.82, 2.24) is 0 Å². The molecule has 0 bridgehead atoms.